The van der Waals surface area contributed by atoms with Crippen LogP contribution in [0.2, 0.25) is 0 Å². The van der Waals surface area contributed by atoms with Crippen molar-refractivity contribution in [3.05, 3.63) is 39.6 Å². The van der Waals surface area contributed by atoms with E-state index in [1.54, 1.807) is 11.3 Å². The summed E-state index contributed by atoms with van der Waals surface area (Å²) in [6, 6.07) is 4.52. The Morgan fingerprint density at radius 2 is 2.30 bits per heavy atom. The van der Waals surface area contributed by atoms with Gasteiger partial charge in [-0.2, -0.15) is 0 Å². The lowest BCUT2D eigenvalue weighted by Gasteiger charge is -2.28. The van der Waals surface area contributed by atoms with Crippen LogP contribution in [-0.4, -0.2) is 34.1 Å². The number of halogens is 1. The van der Waals surface area contributed by atoms with E-state index in [1.165, 1.54) is 22.2 Å². The van der Waals surface area contributed by atoms with E-state index in [-0.39, 0.29) is 36.5 Å². The maximum atomic E-state index is 12.9. The van der Waals surface area contributed by atoms with Gasteiger partial charge in [-0.1, -0.05) is 6.07 Å². The molecule has 1 aliphatic heterocycles. The number of nitrogens with zero attached hydrogens (tertiary/aromatic N) is 2. The van der Waals surface area contributed by atoms with Crippen molar-refractivity contribution in [3.63, 3.8) is 0 Å². The molecule has 144 valence electrons. The van der Waals surface area contributed by atoms with E-state index in [9.17, 15) is 9.59 Å². The van der Waals surface area contributed by atoms with E-state index >= 15 is 0 Å². The number of amides is 1. The second kappa shape index (κ2) is 8.52. The van der Waals surface area contributed by atoms with Crippen molar-refractivity contribution in [1.29, 1.82) is 0 Å². The topological polar surface area (TPSA) is 76.0 Å². The van der Waals surface area contributed by atoms with Gasteiger partial charge in [0.15, 0.2) is 0 Å². The number of carbonyl (C=O) groups is 1. The van der Waals surface area contributed by atoms with Crippen molar-refractivity contribution in [1.82, 2.24) is 20.2 Å². The normalized spacial score (nSPS) is 19.6. The summed E-state index contributed by atoms with van der Waals surface area (Å²) in [5, 5.41) is 11.0. The predicted molar refractivity (Wildman–Crippen MR) is 113 cm³/mol. The molecule has 1 saturated heterocycles. The van der Waals surface area contributed by atoms with E-state index in [1.807, 2.05) is 22.9 Å². The van der Waals surface area contributed by atoms with Crippen LogP contribution in [0.15, 0.2) is 34.0 Å². The summed E-state index contributed by atoms with van der Waals surface area (Å²) in [5.74, 6) is -0.139. The first-order chi connectivity index (χ1) is 12.6. The Morgan fingerprint density at radius 3 is 3.04 bits per heavy atom. The number of hydrogen-bond donors (Lipinski definition) is 2. The molecule has 1 amide bonds. The smallest absolute Gasteiger partial charge is 0.263 e. The fourth-order valence-corrected chi connectivity index (χ4v) is 5.11. The summed E-state index contributed by atoms with van der Waals surface area (Å²) < 4.78 is 1.41. The van der Waals surface area contributed by atoms with Gasteiger partial charge in [0.05, 0.1) is 11.7 Å². The Morgan fingerprint density at radius 1 is 1.44 bits per heavy atom. The predicted octanol–water partition coefficient (Wildman–Crippen LogP) is 2.87. The molecular formula is C18H21ClN4O2S2. The van der Waals surface area contributed by atoms with Crippen LogP contribution >= 0.6 is 35.1 Å². The fourth-order valence-electron chi connectivity index (χ4n) is 3.38. The molecular weight excluding hydrogens is 404 g/mol. The van der Waals surface area contributed by atoms with E-state index in [0.717, 1.165) is 29.8 Å². The highest BCUT2D eigenvalue weighted by Gasteiger charge is 2.21. The van der Waals surface area contributed by atoms with Crippen LogP contribution in [0.3, 0.4) is 0 Å². The molecule has 0 radical (unpaired) electrons. The van der Waals surface area contributed by atoms with Crippen molar-refractivity contribution in [2.24, 2.45) is 0 Å². The summed E-state index contributed by atoms with van der Waals surface area (Å²) >= 11 is 3.05. The van der Waals surface area contributed by atoms with Gasteiger partial charge in [0.1, 0.15) is 11.4 Å². The number of fused-ring (bicyclic) bond motifs is 1. The molecule has 0 saturated carbocycles. The quantitative estimate of drug-likeness (QED) is 0.675. The van der Waals surface area contributed by atoms with Crippen LogP contribution < -0.4 is 16.2 Å². The number of nitrogens with one attached hydrogen (secondary N) is 2. The molecule has 9 heteroatoms. The van der Waals surface area contributed by atoms with Crippen LogP contribution in [0.25, 0.3) is 20.7 Å². The third kappa shape index (κ3) is 4.24. The highest BCUT2D eigenvalue weighted by Crippen LogP contribution is 2.33. The molecule has 4 heterocycles. The zero-order chi connectivity index (χ0) is 18.1. The molecule has 3 aromatic rings. The zero-order valence-electron chi connectivity index (χ0n) is 14.8. The first-order valence-corrected chi connectivity index (χ1v) is 10.4. The van der Waals surface area contributed by atoms with Gasteiger partial charge in [-0.3, -0.25) is 14.2 Å². The summed E-state index contributed by atoms with van der Waals surface area (Å²) in [5.41, 5.74) is 0.743. The number of hydrogen-bond acceptors (Lipinski definition) is 6. The Balaban J connectivity index is 0.00000210. The molecule has 3 aromatic heterocycles. The third-order valence-corrected chi connectivity index (χ3v) is 6.44. The molecule has 2 atom stereocenters. The Kier molecular flexibility index (Phi) is 6.31. The van der Waals surface area contributed by atoms with Crippen molar-refractivity contribution in [3.8, 4) is 10.4 Å². The summed E-state index contributed by atoms with van der Waals surface area (Å²) in [6.07, 6.45) is 3.30. The summed E-state index contributed by atoms with van der Waals surface area (Å²) in [4.78, 5) is 31.5. The SMILES string of the molecule is CC1CC(NC(=O)Cn2cnc3scc(-c4cccs4)c3c2=O)CCN1.Cl. The third-order valence-electron chi connectivity index (χ3n) is 4.65. The highest BCUT2D eigenvalue weighted by molar-refractivity contribution is 7.18. The number of thiophene rings is 2. The number of carbonyl (C=O) groups excluding carboxylic acids is 1. The van der Waals surface area contributed by atoms with Crippen LogP contribution in [0.4, 0.5) is 0 Å². The standard InChI is InChI=1S/C18H20N4O2S2.ClH/c1-11-7-12(4-5-19-11)21-15(23)8-22-10-20-17-16(18(22)24)13(9-26-17)14-3-2-6-25-14;/h2-3,6,9-12,19H,4-5,7-8H2,1H3,(H,21,23);1H. The van der Waals surface area contributed by atoms with Gasteiger partial charge in [-0.15, -0.1) is 35.1 Å². The van der Waals surface area contributed by atoms with Gasteiger partial charge in [0.25, 0.3) is 5.56 Å². The van der Waals surface area contributed by atoms with Gasteiger partial charge < -0.3 is 10.6 Å². The van der Waals surface area contributed by atoms with Gasteiger partial charge in [-0.25, -0.2) is 4.98 Å². The molecule has 0 aromatic carbocycles. The number of aromatic nitrogens is 2. The Bertz CT molecular complexity index is 983. The van der Waals surface area contributed by atoms with Crippen molar-refractivity contribution in [2.45, 2.75) is 38.4 Å². The molecule has 1 aliphatic rings. The van der Waals surface area contributed by atoms with Gasteiger partial charge in [-0.05, 0) is 37.8 Å². The average Bonchev–Trinajstić information content (AvgIpc) is 3.26. The van der Waals surface area contributed by atoms with E-state index in [4.69, 9.17) is 0 Å². The monoisotopic (exact) mass is 424 g/mol. The summed E-state index contributed by atoms with van der Waals surface area (Å²) in [7, 11) is 0. The molecule has 0 bridgehead atoms. The minimum atomic E-state index is -0.159. The molecule has 0 spiro atoms. The first kappa shape index (κ1) is 20.0. The Labute approximate surface area is 171 Å². The molecule has 0 aliphatic carbocycles. The highest BCUT2D eigenvalue weighted by atomic mass is 35.5. The lowest BCUT2D eigenvalue weighted by Crippen LogP contribution is -2.47. The van der Waals surface area contributed by atoms with E-state index in [2.05, 4.69) is 22.5 Å². The van der Waals surface area contributed by atoms with Gasteiger partial charge >= 0.3 is 0 Å². The second-order valence-corrected chi connectivity index (χ2v) is 8.43. The fraction of sp³-hybridized carbons (Fsp3) is 0.389. The maximum Gasteiger partial charge on any atom is 0.263 e. The van der Waals surface area contributed by atoms with E-state index < -0.39 is 0 Å². The molecule has 1 fully saturated rings. The molecule has 2 unspecified atom stereocenters. The number of piperidine rings is 1. The average molecular weight is 425 g/mol. The molecule has 2 N–H and O–H groups in total. The van der Waals surface area contributed by atoms with Gasteiger partial charge in [0, 0.05) is 27.9 Å². The minimum absolute atomic E-state index is 0. The lowest BCUT2D eigenvalue weighted by molar-refractivity contribution is -0.122. The molecule has 6 nitrogen and oxygen atoms in total. The first-order valence-electron chi connectivity index (χ1n) is 8.65. The van der Waals surface area contributed by atoms with Crippen LogP contribution in [-0.2, 0) is 11.3 Å². The lowest BCUT2D eigenvalue weighted by atomic mass is 10.0. The van der Waals surface area contributed by atoms with E-state index in [0.29, 0.717) is 16.3 Å². The van der Waals surface area contributed by atoms with Crippen LogP contribution in [0.1, 0.15) is 19.8 Å². The largest absolute Gasteiger partial charge is 0.352 e. The van der Waals surface area contributed by atoms with Crippen LogP contribution in [0, 0.1) is 0 Å². The summed E-state index contributed by atoms with van der Waals surface area (Å²) in [6.45, 7) is 3.02. The molecule has 4 rings (SSSR count). The van der Waals surface area contributed by atoms with Crippen molar-refractivity contribution < 1.29 is 4.79 Å². The van der Waals surface area contributed by atoms with Crippen molar-refractivity contribution in [2.75, 3.05) is 6.54 Å². The van der Waals surface area contributed by atoms with Crippen molar-refractivity contribution >= 4 is 51.2 Å². The minimum Gasteiger partial charge on any atom is -0.352 e. The maximum absolute atomic E-state index is 12.9. The number of rotatable bonds is 4. The molecule has 27 heavy (non-hydrogen) atoms. The second-order valence-electron chi connectivity index (χ2n) is 6.63. The Hall–Kier alpha value is -1.74. The van der Waals surface area contributed by atoms with Crippen LogP contribution in [0.5, 0.6) is 0 Å². The van der Waals surface area contributed by atoms with Gasteiger partial charge in [0.2, 0.25) is 5.91 Å². The zero-order valence-corrected chi connectivity index (χ0v) is 17.3.